The molecule has 1 aliphatic rings. The van der Waals surface area contributed by atoms with Crippen molar-refractivity contribution in [2.24, 2.45) is 5.92 Å². The zero-order chi connectivity index (χ0) is 11.4. The Kier molecular flexibility index (Phi) is 3.60. The van der Waals surface area contributed by atoms with E-state index in [1.165, 1.54) is 18.9 Å². The van der Waals surface area contributed by atoms with Crippen LogP contribution < -0.4 is 5.32 Å². The van der Waals surface area contributed by atoms with E-state index in [2.05, 4.69) is 11.9 Å². The van der Waals surface area contributed by atoms with Crippen molar-refractivity contribution in [3.63, 3.8) is 0 Å². The van der Waals surface area contributed by atoms with Crippen molar-refractivity contribution in [3.05, 3.63) is 42.7 Å². The number of anilines is 1. The van der Waals surface area contributed by atoms with Gasteiger partial charge in [-0.3, -0.25) is 0 Å². The minimum absolute atomic E-state index is 0.178. The lowest BCUT2D eigenvalue weighted by molar-refractivity contribution is 0.590. The number of hydrogen-bond donors (Lipinski definition) is 1. The van der Waals surface area contributed by atoms with E-state index in [-0.39, 0.29) is 5.82 Å². The second kappa shape index (κ2) is 5.15. The quantitative estimate of drug-likeness (QED) is 0.713. The fourth-order valence-electron chi connectivity index (χ4n) is 2.01. The summed E-state index contributed by atoms with van der Waals surface area (Å²) in [7, 11) is 0. The van der Waals surface area contributed by atoms with Crippen molar-refractivity contribution in [1.82, 2.24) is 0 Å². The SMILES string of the molecule is C=CCCC(Nc1cccc(F)c1)C1CC1. The largest absolute Gasteiger partial charge is 0.382 e. The Hall–Kier alpha value is -1.31. The van der Waals surface area contributed by atoms with E-state index in [1.807, 2.05) is 12.1 Å². The van der Waals surface area contributed by atoms with E-state index in [0.29, 0.717) is 6.04 Å². The van der Waals surface area contributed by atoms with Gasteiger partial charge in [0.1, 0.15) is 5.82 Å². The van der Waals surface area contributed by atoms with Gasteiger partial charge in [0.25, 0.3) is 0 Å². The highest BCUT2D eigenvalue weighted by atomic mass is 19.1. The van der Waals surface area contributed by atoms with Gasteiger partial charge in [0.05, 0.1) is 0 Å². The molecule has 1 N–H and O–H groups in total. The molecule has 86 valence electrons. The summed E-state index contributed by atoms with van der Waals surface area (Å²) in [6.07, 6.45) is 6.64. The molecule has 0 heterocycles. The number of allylic oxidation sites excluding steroid dienone is 1. The summed E-state index contributed by atoms with van der Waals surface area (Å²) in [5, 5.41) is 3.43. The highest BCUT2D eigenvalue weighted by Crippen LogP contribution is 2.36. The molecule has 0 saturated heterocycles. The lowest BCUT2D eigenvalue weighted by Gasteiger charge is -2.18. The summed E-state index contributed by atoms with van der Waals surface area (Å²) >= 11 is 0. The molecule has 1 aromatic rings. The number of benzene rings is 1. The van der Waals surface area contributed by atoms with Gasteiger partial charge in [-0.2, -0.15) is 0 Å². The monoisotopic (exact) mass is 219 g/mol. The molecule has 0 spiro atoms. The van der Waals surface area contributed by atoms with E-state index in [4.69, 9.17) is 0 Å². The van der Waals surface area contributed by atoms with Crippen LogP contribution in [-0.4, -0.2) is 6.04 Å². The predicted octanol–water partition coefficient (Wildman–Crippen LogP) is 3.98. The van der Waals surface area contributed by atoms with Gasteiger partial charge >= 0.3 is 0 Å². The molecule has 1 unspecified atom stereocenters. The molecular weight excluding hydrogens is 201 g/mol. The summed E-state index contributed by atoms with van der Waals surface area (Å²) in [4.78, 5) is 0. The number of rotatable bonds is 6. The number of nitrogens with one attached hydrogen (secondary N) is 1. The van der Waals surface area contributed by atoms with Gasteiger partial charge in [-0.25, -0.2) is 4.39 Å². The molecule has 1 fully saturated rings. The van der Waals surface area contributed by atoms with Crippen LogP contribution in [0.3, 0.4) is 0 Å². The molecule has 2 rings (SSSR count). The lowest BCUT2D eigenvalue weighted by atomic mass is 10.1. The van der Waals surface area contributed by atoms with Crippen LogP contribution in [0.15, 0.2) is 36.9 Å². The van der Waals surface area contributed by atoms with Gasteiger partial charge in [0, 0.05) is 11.7 Å². The summed E-state index contributed by atoms with van der Waals surface area (Å²) in [5.74, 6) is 0.589. The van der Waals surface area contributed by atoms with Crippen LogP contribution >= 0.6 is 0 Å². The summed E-state index contributed by atoms with van der Waals surface area (Å²) in [6.45, 7) is 3.75. The Balaban J connectivity index is 1.96. The maximum Gasteiger partial charge on any atom is 0.125 e. The van der Waals surface area contributed by atoms with E-state index in [0.717, 1.165) is 24.4 Å². The lowest BCUT2D eigenvalue weighted by Crippen LogP contribution is -2.21. The predicted molar refractivity (Wildman–Crippen MR) is 66.0 cm³/mol. The van der Waals surface area contributed by atoms with Crippen molar-refractivity contribution >= 4 is 5.69 Å². The Morgan fingerprint density at radius 2 is 2.31 bits per heavy atom. The van der Waals surface area contributed by atoms with Crippen LogP contribution in [0.1, 0.15) is 25.7 Å². The van der Waals surface area contributed by atoms with Crippen LogP contribution in [0.4, 0.5) is 10.1 Å². The van der Waals surface area contributed by atoms with Crippen molar-refractivity contribution in [1.29, 1.82) is 0 Å². The van der Waals surface area contributed by atoms with Crippen molar-refractivity contribution in [2.45, 2.75) is 31.7 Å². The Bertz CT molecular complexity index is 358. The fourth-order valence-corrected chi connectivity index (χ4v) is 2.01. The van der Waals surface area contributed by atoms with Crippen molar-refractivity contribution in [2.75, 3.05) is 5.32 Å². The molecule has 0 radical (unpaired) electrons. The Morgan fingerprint density at radius 3 is 2.94 bits per heavy atom. The van der Waals surface area contributed by atoms with Gasteiger partial charge in [-0.05, 0) is 49.8 Å². The molecule has 0 aliphatic heterocycles. The standard InChI is InChI=1S/C14H18FN/c1-2-3-7-14(11-8-9-11)16-13-6-4-5-12(15)10-13/h2,4-6,10-11,14,16H,1,3,7-9H2. The molecular formula is C14H18FN. The third kappa shape index (κ3) is 3.09. The highest BCUT2D eigenvalue weighted by molar-refractivity contribution is 5.44. The Labute approximate surface area is 96.4 Å². The highest BCUT2D eigenvalue weighted by Gasteiger charge is 2.30. The van der Waals surface area contributed by atoms with Gasteiger partial charge in [0.15, 0.2) is 0 Å². The maximum atomic E-state index is 13.0. The maximum absolute atomic E-state index is 13.0. The first-order valence-corrected chi connectivity index (χ1v) is 5.92. The summed E-state index contributed by atoms with van der Waals surface area (Å²) in [6, 6.07) is 7.17. The summed E-state index contributed by atoms with van der Waals surface area (Å²) < 4.78 is 13.0. The van der Waals surface area contributed by atoms with Crippen LogP contribution in [-0.2, 0) is 0 Å². The molecule has 16 heavy (non-hydrogen) atoms. The molecule has 1 aromatic carbocycles. The van der Waals surface area contributed by atoms with Crippen LogP contribution in [0.5, 0.6) is 0 Å². The van der Waals surface area contributed by atoms with Crippen molar-refractivity contribution < 1.29 is 4.39 Å². The second-order valence-corrected chi connectivity index (χ2v) is 4.46. The normalized spacial score (nSPS) is 16.8. The van der Waals surface area contributed by atoms with Crippen LogP contribution in [0, 0.1) is 11.7 Å². The molecule has 1 aliphatic carbocycles. The van der Waals surface area contributed by atoms with E-state index < -0.39 is 0 Å². The van der Waals surface area contributed by atoms with Crippen molar-refractivity contribution in [3.8, 4) is 0 Å². The smallest absolute Gasteiger partial charge is 0.125 e. The van der Waals surface area contributed by atoms with Crippen LogP contribution in [0.2, 0.25) is 0 Å². The Morgan fingerprint density at radius 1 is 1.50 bits per heavy atom. The molecule has 1 saturated carbocycles. The van der Waals surface area contributed by atoms with E-state index in [9.17, 15) is 4.39 Å². The summed E-state index contributed by atoms with van der Waals surface area (Å²) in [5.41, 5.74) is 0.890. The van der Waals surface area contributed by atoms with Gasteiger partial charge in [-0.15, -0.1) is 6.58 Å². The first-order valence-electron chi connectivity index (χ1n) is 5.92. The minimum atomic E-state index is -0.178. The zero-order valence-electron chi connectivity index (χ0n) is 9.45. The first kappa shape index (κ1) is 11.2. The second-order valence-electron chi connectivity index (χ2n) is 4.46. The number of halogens is 1. The molecule has 1 atom stereocenters. The molecule has 0 bridgehead atoms. The van der Waals surface area contributed by atoms with Crippen LogP contribution in [0.25, 0.3) is 0 Å². The number of hydrogen-bond acceptors (Lipinski definition) is 1. The molecule has 0 amide bonds. The fraction of sp³-hybridized carbons (Fsp3) is 0.429. The van der Waals surface area contributed by atoms with Gasteiger partial charge in [-0.1, -0.05) is 12.1 Å². The third-order valence-electron chi connectivity index (χ3n) is 3.05. The molecule has 1 nitrogen and oxygen atoms in total. The average molecular weight is 219 g/mol. The average Bonchev–Trinajstić information content (AvgIpc) is 3.08. The minimum Gasteiger partial charge on any atom is -0.382 e. The van der Waals surface area contributed by atoms with Gasteiger partial charge in [0.2, 0.25) is 0 Å². The molecule has 0 aromatic heterocycles. The first-order chi connectivity index (χ1) is 7.79. The van der Waals surface area contributed by atoms with E-state index >= 15 is 0 Å². The molecule has 2 heteroatoms. The van der Waals surface area contributed by atoms with E-state index in [1.54, 1.807) is 12.1 Å². The third-order valence-corrected chi connectivity index (χ3v) is 3.05. The topological polar surface area (TPSA) is 12.0 Å². The van der Waals surface area contributed by atoms with Gasteiger partial charge < -0.3 is 5.32 Å². The zero-order valence-corrected chi connectivity index (χ0v) is 9.45.